The van der Waals surface area contributed by atoms with Crippen molar-refractivity contribution in [3.8, 4) is 5.75 Å². The average Bonchev–Trinajstić information content (AvgIpc) is 2.35. The molecule has 1 aromatic carbocycles. The highest BCUT2D eigenvalue weighted by molar-refractivity contribution is 5.67. The minimum Gasteiger partial charge on any atom is -0.485 e. The largest absolute Gasteiger partial charge is 0.485 e. The van der Waals surface area contributed by atoms with E-state index in [4.69, 9.17) is 10.6 Å². The number of nitro benzene ring substituents is 1. The topological polar surface area (TPSA) is 93.7 Å². The van der Waals surface area contributed by atoms with Gasteiger partial charge in [-0.05, 0) is 40.1 Å². The number of hydrogen-bond acceptors (Lipinski definition) is 6. The summed E-state index contributed by atoms with van der Waals surface area (Å²) >= 11 is 0. The Hall–Kier alpha value is -1.86. The highest BCUT2D eigenvalue weighted by atomic mass is 16.6. The van der Waals surface area contributed by atoms with Crippen LogP contribution in [-0.4, -0.2) is 36.1 Å². The Bertz CT molecular complexity index is 460. The molecule has 0 bridgehead atoms. The number of rotatable bonds is 6. The highest BCUT2D eigenvalue weighted by Crippen LogP contribution is 2.34. The summed E-state index contributed by atoms with van der Waals surface area (Å²) in [7, 11) is 3.85. The molecule has 1 aromatic rings. The van der Waals surface area contributed by atoms with Crippen LogP contribution in [0, 0.1) is 10.1 Å². The molecule has 0 amide bonds. The van der Waals surface area contributed by atoms with Gasteiger partial charge in [-0.15, -0.1) is 0 Å². The van der Waals surface area contributed by atoms with Crippen molar-refractivity contribution >= 4 is 11.4 Å². The van der Waals surface area contributed by atoms with Crippen LogP contribution in [0.2, 0.25) is 0 Å². The first-order valence-corrected chi connectivity index (χ1v) is 5.84. The molecule has 0 atom stereocenters. The summed E-state index contributed by atoms with van der Waals surface area (Å²) in [6.45, 7) is 4.31. The fourth-order valence-electron chi connectivity index (χ4n) is 1.33. The van der Waals surface area contributed by atoms with E-state index in [1.165, 1.54) is 6.07 Å². The molecule has 0 aromatic heterocycles. The minimum atomic E-state index is -0.507. The summed E-state index contributed by atoms with van der Waals surface area (Å²) in [5.41, 5.74) is 2.14. The predicted octanol–water partition coefficient (Wildman–Crippen LogP) is 1.60. The van der Waals surface area contributed by atoms with E-state index in [1.54, 1.807) is 12.1 Å². The van der Waals surface area contributed by atoms with Crippen molar-refractivity contribution in [2.45, 2.75) is 19.4 Å². The first kappa shape index (κ1) is 15.2. The average molecular weight is 268 g/mol. The third-order valence-corrected chi connectivity index (χ3v) is 3.13. The second kappa shape index (κ2) is 5.85. The van der Waals surface area contributed by atoms with Crippen molar-refractivity contribution in [3.63, 3.8) is 0 Å². The van der Waals surface area contributed by atoms with E-state index in [0.717, 1.165) is 0 Å². The minimum absolute atomic E-state index is 0.153. The predicted molar refractivity (Wildman–Crippen MR) is 74.2 cm³/mol. The Morgan fingerprint density at radius 1 is 1.47 bits per heavy atom. The maximum Gasteiger partial charge on any atom is 0.335 e. The van der Waals surface area contributed by atoms with Crippen LogP contribution in [-0.2, 0) is 0 Å². The zero-order valence-corrected chi connectivity index (χ0v) is 11.6. The third kappa shape index (κ3) is 3.55. The van der Waals surface area contributed by atoms with Crippen molar-refractivity contribution in [1.82, 2.24) is 4.90 Å². The second-order valence-corrected chi connectivity index (χ2v) is 5.05. The van der Waals surface area contributed by atoms with Gasteiger partial charge >= 0.3 is 5.69 Å². The van der Waals surface area contributed by atoms with E-state index in [0.29, 0.717) is 6.61 Å². The maximum absolute atomic E-state index is 11.1. The number of hydrazine groups is 1. The van der Waals surface area contributed by atoms with Crippen molar-refractivity contribution in [2.24, 2.45) is 5.84 Å². The molecule has 0 saturated heterocycles. The number of nitrogens with one attached hydrogen (secondary N) is 1. The number of nitrogen functional groups attached to an aromatic ring is 1. The fraction of sp³-hybridized carbons (Fsp3) is 0.500. The normalized spacial score (nSPS) is 11.5. The van der Waals surface area contributed by atoms with E-state index in [-0.39, 0.29) is 22.7 Å². The molecule has 1 rings (SSSR count). The van der Waals surface area contributed by atoms with Gasteiger partial charge in [0.2, 0.25) is 0 Å². The third-order valence-electron chi connectivity index (χ3n) is 3.13. The lowest BCUT2D eigenvalue weighted by Gasteiger charge is -2.32. The molecule has 106 valence electrons. The van der Waals surface area contributed by atoms with Gasteiger partial charge in [0.15, 0.2) is 5.75 Å². The second-order valence-electron chi connectivity index (χ2n) is 5.05. The van der Waals surface area contributed by atoms with Crippen LogP contribution in [0.15, 0.2) is 18.2 Å². The van der Waals surface area contributed by atoms with E-state index < -0.39 is 4.92 Å². The van der Waals surface area contributed by atoms with Crippen LogP contribution in [0.4, 0.5) is 11.4 Å². The summed E-state index contributed by atoms with van der Waals surface area (Å²) in [5.74, 6) is 5.47. The molecule has 3 N–H and O–H groups in total. The lowest BCUT2D eigenvalue weighted by atomic mass is 10.1. The number of likely N-dealkylation sites (N-methyl/N-ethyl adjacent to an activating group) is 1. The molecular weight excluding hydrogens is 248 g/mol. The van der Waals surface area contributed by atoms with E-state index in [2.05, 4.69) is 5.43 Å². The van der Waals surface area contributed by atoms with Crippen molar-refractivity contribution in [1.29, 1.82) is 0 Å². The molecule has 0 aliphatic rings. The molecule has 0 fully saturated rings. The fourth-order valence-corrected chi connectivity index (χ4v) is 1.33. The van der Waals surface area contributed by atoms with Crippen LogP contribution in [0.5, 0.6) is 5.75 Å². The quantitative estimate of drug-likeness (QED) is 0.462. The van der Waals surface area contributed by atoms with Gasteiger partial charge in [-0.25, -0.2) is 0 Å². The van der Waals surface area contributed by atoms with Gasteiger partial charge in [-0.3, -0.25) is 16.0 Å². The summed E-state index contributed by atoms with van der Waals surface area (Å²) in [4.78, 5) is 12.6. The van der Waals surface area contributed by atoms with Gasteiger partial charge in [0.1, 0.15) is 12.3 Å². The molecule has 19 heavy (non-hydrogen) atoms. The molecule has 0 radical (unpaired) electrons. The first-order chi connectivity index (χ1) is 8.79. The lowest BCUT2D eigenvalue weighted by Crippen LogP contribution is -2.43. The number of nitrogens with two attached hydrogens (primary N) is 1. The molecule has 0 aliphatic carbocycles. The van der Waals surface area contributed by atoms with E-state index >= 15 is 0 Å². The molecule has 0 aliphatic heterocycles. The monoisotopic (exact) mass is 268 g/mol. The maximum atomic E-state index is 11.1. The molecule has 7 nitrogen and oxygen atoms in total. The molecule has 0 unspecified atom stereocenters. The lowest BCUT2D eigenvalue weighted by molar-refractivity contribution is -0.385. The Morgan fingerprint density at radius 3 is 2.58 bits per heavy atom. The Morgan fingerprint density at radius 2 is 2.11 bits per heavy atom. The number of benzene rings is 1. The summed E-state index contributed by atoms with van der Waals surface area (Å²) in [6, 6.07) is 4.74. The Balaban J connectivity index is 2.99. The van der Waals surface area contributed by atoms with E-state index in [9.17, 15) is 10.1 Å². The number of nitrogens with zero attached hydrogens (tertiary/aromatic N) is 2. The zero-order valence-electron chi connectivity index (χ0n) is 11.6. The van der Waals surface area contributed by atoms with Crippen LogP contribution in [0.1, 0.15) is 13.8 Å². The number of anilines is 1. The number of ether oxygens (including phenoxy) is 1. The molecule has 0 saturated carbocycles. The highest BCUT2D eigenvalue weighted by Gasteiger charge is 2.25. The SMILES string of the molecule is CN(C)C(C)(C)COc1cccc(NN)c1[N+](=O)[O-]. The van der Waals surface area contributed by atoms with Gasteiger partial charge in [0.25, 0.3) is 0 Å². The van der Waals surface area contributed by atoms with Gasteiger partial charge in [-0.1, -0.05) is 6.07 Å². The molecular formula is C12H20N4O3. The molecule has 0 heterocycles. The van der Waals surface area contributed by atoms with Crippen molar-refractivity contribution in [2.75, 3.05) is 26.1 Å². The summed E-state index contributed by atoms with van der Waals surface area (Å²) in [5, 5.41) is 11.1. The number of hydrogen-bond donors (Lipinski definition) is 2. The van der Waals surface area contributed by atoms with Crippen LogP contribution in [0.3, 0.4) is 0 Å². The smallest absolute Gasteiger partial charge is 0.335 e. The summed E-state index contributed by atoms with van der Waals surface area (Å²) < 4.78 is 5.59. The number of para-hydroxylation sites is 1. The number of nitro groups is 1. The Kier molecular flexibility index (Phi) is 4.68. The van der Waals surface area contributed by atoms with Gasteiger partial charge in [-0.2, -0.15) is 0 Å². The summed E-state index contributed by atoms with van der Waals surface area (Å²) in [6.07, 6.45) is 0. The first-order valence-electron chi connectivity index (χ1n) is 5.84. The van der Waals surface area contributed by atoms with Crippen LogP contribution in [0.25, 0.3) is 0 Å². The van der Waals surface area contributed by atoms with E-state index in [1.807, 2.05) is 32.8 Å². The van der Waals surface area contributed by atoms with Gasteiger partial charge < -0.3 is 15.1 Å². The molecule has 0 spiro atoms. The van der Waals surface area contributed by atoms with Gasteiger partial charge in [0.05, 0.1) is 4.92 Å². The van der Waals surface area contributed by atoms with Gasteiger partial charge in [0, 0.05) is 5.54 Å². The zero-order chi connectivity index (χ0) is 14.6. The standard InChI is InChI=1S/C12H20N4O3/c1-12(2,15(3)4)8-19-10-7-5-6-9(14-13)11(10)16(17)18/h5-7,14H,8,13H2,1-4H3. The molecule has 7 heteroatoms. The van der Waals surface area contributed by atoms with Crippen molar-refractivity contribution < 1.29 is 9.66 Å². The van der Waals surface area contributed by atoms with Crippen LogP contribution >= 0.6 is 0 Å². The Labute approximate surface area is 112 Å². The van der Waals surface area contributed by atoms with Crippen LogP contribution < -0.4 is 16.0 Å². The van der Waals surface area contributed by atoms with Crippen molar-refractivity contribution in [3.05, 3.63) is 28.3 Å².